The monoisotopic (exact) mass is 205 g/mol. The Morgan fingerprint density at radius 2 is 1.69 bits per heavy atom. The molecule has 0 aromatic rings. The summed E-state index contributed by atoms with van der Waals surface area (Å²) in [6.45, 7) is 5.84. The standard InChI is InChI=1S/C9H19NO2S/c1-8(2)9-4-6-10(7-5-9)13(3,11)12/h8-9H,4-7H2,1-3H3. The van der Waals surface area contributed by atoms with Crippen LogP contribution in [0.4, 0.5) is 0 Å². The predicted octanol–water partition coefficient (Wildman–Crippen LogP) is 1.31. The van der Waals surface area contributed by atoms with Gasteiger partial charge in [-0.15, -0.1) is 0 Å². The van der Waals surface area contributed by atoms with Crippen LogP contribution in [-0.4, -0.2) is 32.1 Å². The quantitative estimate of drug-likeness (QED) is 0.681. The second-order valence-electron chi connectivity index (χ2n) is 4.24. The van der Waals surface area contributed by atoms with Crippen LogP contribution in [0.3, 0.4) is 0 Å². The molecule has 0 saturated carbocycles. The first-order valence-electron chi connectivity index (χ1n) is 4.86. The van der Waals surface area contributed by atoms with E-state index >= 15 is 0 Å². The van der Waals surface area contributed by atoms with Gasteiger partial charge in [0.1, 0.15) is 0 Å². The third-order valence-corrected chi connectivity index (χ3v) is 4.21. The molecule has 0 unspecified atom stereocenters. The van der Waals surface area contributed by atoms with E-state index in [0.29, 0.717) is 24.9 Å². The van der Waals surface area contributed by atoms with Crippen molar-refractivity contribution in [2.45, 2.75) is 26.7 Å². The highest BCUT2D eigenvalue weighted by molar-refractivity contribution is 7.88. The van der Waals surface area contributed by atoms with Crippen molar-refractivity contribution in [2.75, 3.05) is 19.3 Å². The van der Waals surface area contributed by atoms with Crippen molar-refractivity contribution in [2.24, 2.45) is 11.8 Å². The Bertz CT molecular complexity index is 251. The van der Waals surface area contributed by atoms with Crippen LogP contribution in [-0.2, 0) is 10.0 Å². The van der Waals surface area contributed by atoms with Crippen molar-refractivity contribution in [3.8, 4) is 0 Å². The molecule has 3 nitrogen and oxygen atoms in total. The third-order valence-electron chi connectivity index (χ3n) is 2.91. The fourth-order valence-electron chi connectivity index (χ4n) is 1.87. The lowest BCUT2D eigenvalue weighted by molar-refractivity contribution is 0.227. The Hall–Kier alpha value is -0.0900. The molecular formula is C9H19NO2S. The molecule has 0 atom stereocenters. The lowest BCUT2D eigenvalue weighted by Gasteiger charge is -2.32. The minimum absolute atomic E-state index is 0.682. The van der Waals surface area contributed by atoms with E-state index in [1.807, 2.05) is 0 Å². The molecule has 0 spiro atoms. The van der Waals surface area contributed by atoms with Gasteiger partial charge in [0, 0.05) is 13.1 Å². The maximum Gasteiger partial charge on any atom is 0.211 e. The maximum atomic E-state index is 11.2. The minimum Gasteiger partial charge on any atom is -0.213 e. The highest BCUT2D eigenvalue weighted by atomic mass is 32.2. The van der Waals surface area contributed by atoms with Gasteiger partial charge in [0.2, 0.25) is 10.0 Å². The van der Waals surface area contributed by atoms with Gasteiger partial charge in [-0.05, 0) is 24.7 Å². The zero-order valence-corrected chi connectivity index (χ0v) is 9.47. The summed E-state index contributed by atoms with van der Waals surface area (Å²) in [5, 5.41) is 0. The van der Waals surface area contributed by atoms with Crippen LogP contribution < -0.4 is 0 Å². The highest BCUT2D eigenvalue weighted by Crippen LogP contribution is 2.25. The largest absolute Gasteiger partial charge is 0.213 e. The second kappa shape index (κ2) is 3.96. The van der Waals surface area contributed by atoms with Crippen LogP contribution >= 0.6 is 0 Å². The number of hydrogen-bond acceptors (Lipinski definition) is 2. The van der Waals surface area contributed by atoms with Crippen LogP contribution in [0, 0.1) is 11.8 Å². The Morgan fingerprint density at radius 3 is 2.00 bits per heavy atom. The molecule has 0 N–H and O–H groups in total. The first-order valence-corrected chi connectivity index (χ1v) is 6.71. The zero-order chi connectivity index (χ0) is 10.1. The molecule has 1 aliphatic heterocycles. The number of sulfonamides is 1. The lowest BCUT2D eigenvalue weighted by Crippen LogP contribution is -2.38. The molecule has 0 radical (unpaired) electrons. The Balaban J connectivity index is 2.49. The summed E-state index contributed by atoms with van der Waals surface area (Å²) in [4.78, 5) is 0. The van der Waals surface area contributed by atoms with Crippen LogP contribution in [0.5, 0.6) is 0 Å². The second-order valence-corrected chi connectivity index (χ2v) is 6.23. The van der Waals surface area contributed by atoms with Crippen molar-refractivity contribution >= 4 is 10.0 Å². The fourth-order valence-corrected chi connectivity index (χ4v) is 2.75. The Labute approximate surface area is 81.2 Å². The molecule has 0 aromatic carbocycles. The summed E-state index contributed by atoms with van der Waals surface area (Å²) in [5.41, 5.74) is 0. The van der Waals surface area contributed by atoms with E-state index in [-0.39, 0.29) is 0 Å². The molecule has 0 aromatic heterocycles. The highest BCUT2D eigenvalue weighted by Gasteiger charge is 2.25. The van der Waals surface area contributed by atoms with E-state index in [1.165, 1.54) is 6.26 Å². The molecule has 78 valence electrons. The lowest BCUT2D eigenvalue weighted by atomic mass is 9.87. The molecule has 1 fully saturated rings. The smallest absolute Gasteiger partial charge is 0.211 e. The normalized spacial score (nSPS) is 22.5. The van der Waals surface area contributed by atoms with Crippen molar-refractivity contribution < 1.29 is 8.42 Å². The van der Waals surface area contributed by atoms with Crippen molar-refractivity contribution in [1.29, 1.82) is 0 Å². The molecule has 0 aliphatic carbocycles. The molecule has 0 amide bonds. The SMILES string of the molecule is CC(C)C1CCN(S(C)(=O)=O)CC1. The van der Waals surface area contributed by atoms with Crippen LogP contribution in [0.2, 0.25) is 0 Å². The summed E-state index contributed by atoms with van der Waals surface area (Å²) >= 11 is 0. The molecule has 1 saturated heterocycles. The molecular weight excluding hydrogens is 186 g/mol. The van der Waals surface area contributed by atoms with Gasteiger partial charge in [-0.2, -0.15) is 0 Å². The summed E-state index contributed by atoms with van der Waals surface area (Å²) in [7, 11) is -2.94. The minimum atomic E-state index is -2.94. The Kier molecular flexibility index (Phi) is 3.35. The van der Waals surface area contributed by atoms with Gasteiger partial charge in [-0.25, -0.2) is 12.7 Å². The summed E-state index contributed by atoms with van der Waals surface area (Å²) in [5.74, 6) is 1.39. The molecule has 1 heterocycles. The van der Waals surface area contributed by atoms with Gasteiger partial charge in [0.15, 0.2) is 0 Å². The third kappa shape index (κ3) is 2.95. The van der Waals surface area contributed by atoms with Crippen LogP contribution in [0.15, 0.2) is 0 Å². The first-order chi connectivity index (χ1) is 5.91. The van der Waals surface area contributed by atoms with E-state index in [0.717, 1.165) is 12.8 Å². The molecule has 4 heteroatoms. The fraction of sp³-hybridized carbons (Fsp3) is 1.00. The van der Waals surface area contributed by atoms with E-state index in [4.69, 9.17) is 0 Å². The van der Waals surface area contributed by atoms with E-state index < -0.39 is 10.0 Å². The predicted molar refractivity (Wildman–Crippen MR) is 54.0 cm³/mol. The van der Waals surface area contributed by atoms with Gasteiger partial charge in [-0.3, -0.25) is 0 Å². The summed E-state index contributed by atoms with van der Waals surface area (Å²) in [6, 6.07) is 0. The van der Waals surface area contributed by atoms with Gasteiger partial charge in [0.25, 0.3) is 0 Å². The Morgan fingerprint density at radius 1 is 1.23 bits per heavy atom. The van der Waals surface area contributed by atoms with Crippen molar-refractivity contribution in [3.05, 3.63) is 0 Å². The summed E-state index contributed by atoms with van der Waals surface area (Å²) < 4.78 is 24.0. The van der Waals surface area contributed by atoms with Gasteiger partial charge >= 0.3 is 0 Å². The zero-order valence-electron chi connectivity index (χ0n) is 8.66. The van der Waals surface area contributed by atoms with E-state index in [1.54, 1.807) is 4.31 Å². The number of piperidine rings is 1. The maximum absolute atomic E-state index is 11.2. The van der Waals surface area contributed by atoms with Gasteiger partial charge in [-0.1, -0.05) is 13.8 Å². The summed E-state index contributed by atoms with van der Waals surface area (Å²) in [6.07, 6.45) is 3.33. The van der Waals surface area contributed by atoms with Crippen molar-refractivity contribution in [1.82, 2.24) is 4.31 Å². The van der Waals surface area contributed by atoms with Crippen molar-refractivity contribution in [3.63, 3.8) is 0 Å². The van der Waals surface area contributed by atoms with Gasteiger partial charge < -0.3 is 0 Å². The van der Waals surface area contributed by atoms with Gasteiger partial charge in [0.05, 0.1) is 6.26 Å². The number of nitrogens with zero attached hydrogens (tertiary/aromatic N) is 1. The van der Waals surface area contributed by atoms with Crippen LogP contribution in [0.25, 0.3) is 0 Å². The molecule has 0 bridgehead atoms. The van der Waals surface area contributed by atoms with E-state index in [9.17, 15) is 8.42 Å². The average molecular weight is 205 g/mol. The number of rotatable bonds is 2. The molecule has 13 heavy (non-hydrogen) atoms. The van der Waals surface area contributed by atoms with E-state index in [2.05, 4.69) is 13.8 Å². The first kappa shape index (κ1) is 11.0. The number of hydrogen-bond donors (Lipinski definition) is 0. The topological polar surface area (TPSA) is 37.4 Å². The molecule has 1 rings (SSSR count). The van der Waals surface area contributed by atoms with Crippen LogP contribution in [0.1, 0.15) is 26.7 Å². The average Bonchev–Trinajstić information content (AvgIpc) is 2.03. The molecule has 1 aliphatic rings.